The largest absolute Gasteiger partial charge is 0.496 e. The zero-order valence-corrected chi connectivity index (χ0v) is 17.6. The van der Waals surface area contributed by atoms with E-state index in [4.69, 9.17) is 9.47 Å². The van der Waals surface area contributed by atoms with Gasteiger partial charge in [0.15, 0.2) is 5.78 Å². The van der Waals surface area contributed by atoms with E-state index in [0.717, 1.165) is 28.6 Å². The van der Waals surface area contributed by atoms with E-state index < -0.39 is 11.8 Å². The number of aliphatic imine (C=N–C) groups is 1. The van der Waals surface area contributed by atoms with Crippen LogP contribution in [-0.2, 0) is 14.3 Å². The highest BCUT2D eigenvalue weighted by atomic mass is 79.9. The standard InChI is InChI=1S/C21H24BrNO4/c1-11(2)27-21(25)18-12(3)23-15-6-5-7-16(24)20(15)19(18)13-8-9-17(26-4)14(22)10-13/h8-11,18-19H,5-7H2,1-4H3/t18?,19-/m0/s1. The Hall–Kier alpha value is -1.95. The van der Waals surface area contributed by atoms with Crippen molar-refractivity contribution in [3.05, 3.63) is 39.5 Å². The highest BCUT2D eigenvalue weighted by Gasteiger charge is 2.43. The fraction of sp³-hybridized carbons (Fsp3) is 0.476. The summed E-state index contributed by atoms with van der Waals surface area (Å²) in [5.41, 5.74) is 3.06. The molecule has 0 radical (unpaired) electrons. The van der Waals surface area contributed by atoms with E-state index in [0.29, 0.717) is 23.5 Å². The lowest BCUT2D eigenvalue weighted by Crippen LogP contribution is -2.38. The van der Waals surface area contributed by atoms with E-state index in [1.807, 2.05) is 39.0 Å². The van der Waals surface area contributed by atoms with Crippen molar-refractivity contribution in [3.63, 3.8) is 0 Å². The zero-order chi connectivity index (χ0) is 19.7. The number of rotatable bonds is 4. The zero-order valence-electron chi connectivity index (χ0n) is 16.0. The number of esters is 1. The Morgan fingerprint density at radius 3 is 2.67 bits per heavy atom. The molecule has 5 nitrogen and oxygen atoms in total. The minimum Gasteiger partial charge on any atom is -0.496 e. The van der Waals surface area contributed by atoms with Crippen LogP contribution in [0.25, 0.3) is 0 Å². The Bertz CT molecular complexity index is 841. The second kappa shape index (κ2) is 7.97. The van der Waals surface area contributed by atoms with Crippen molar-refractivity contribution in [1.29, 1.82) is 0 Å². The molecule has 1 aromatic rings. The number of halogens is 1. The van der Waals surface area contributed by atoms with Crippen LogP contribution in [-0.4, -0.2) is 30.7 Å². The molecule has 0 saturated carbocycles. The van der Waals surface area contributed by atoms with Crippen LogP contribution in [0.4, 0.5) is 0 Å². The van der Waals surface area contributed by atoms with Gasteiger partial charge in [0.1, 0.15) is 11.7 Å². The lowest BCUT2D eigenvalue weighted by atomic mass is 9.72. The Balaban J connectivity index is 2.14. The Morgan fingerprint density at radius 2 is 2.04 bits per heavy atom. The second-order valence-electron chi connectivity index (χ2n) is 7.23. The van der Waals surface area contributed by atoms with Gasteiger partial charge in [-0.05, 0) is 67.2 Å². The molecule has 6 heteroatoms. The van der Waals surface area contributed by atoms with Gasteiger partial charge in [-0.25, -0.2) is 0 Å². The van der Waals surface area contributed by atoms with Crippen molar-refractivity contribution in [1.82, 2.24) is 0 Å². The summed E-state index contributed by atoms with van der Waals surface area (Å²) in [4.78, 5) is 30.4. The number of ketones is 1. The van der Waals surface area contributed by atoms with Crippen LogP contribution in [0.3, 0.4) is 0 Å². The third-order valence-corrected chi connectivity index (χ3v) is 5.59. The van der Waals surface area contributed by atoms with Gasteiger partial charge >= 0.3 is 5.97 Å². The van der Waals surface area contributed by atoms with Gasteiger partial charge in [0.2, 0.25) is 0 Å². The van der Waals surface area contributed by atoms with Crippen molar-refractivity contribution in [2.24, 2.45) is 10.9 Å². The molecule has 2 aliphatic rings. The van der Waals surface area contributed by atoms with E-state index in [-0.39, 0.29) is 17.9 Å². The lowest BCUT2D eigenvalue weighted by molar-refractivity contribution is -0.150. The number of carbonyl (C=O) groups is 2. The molecule has 0 spiro atoms. The highest BCUT2D eigenvalue weighted by molar-refractivity contribution is 9.10. The molecule has 0 saturated heterocycles. The summed E-state index contributed by atoms with van der Waals surface area (Å²) in [6, 6.07) is 5.68. The number of nitrogens with zero attached hydrogens (tertiary/aromatic N) is 1. The summed E-state index contributed by atoms with van der Waals surface area (Å²) < 4.78 is 11.6. The number of allylic oxidation sites excluding steroid dienone is 2. The van der Waals surface area contributed by atoms with Crippen molar-refractivity contribution in [2.75, 3.05) is 7.11 Å². The highest BCUT2D eigenvalue weighted by Crippen LogP contribution is 2.44. The van der Waals surface area contributed by atoms with Crippen LogP contribution in [0.2, 0.25) is 0 Å². The molecule has 1 heterocycles. The van der Waals surface area contributed by atoms with E-state index in [1.54, 1.807) is 7.11 Å². The molecule has 1 unspecified atom stereocenters. The van der Waals surface area contributed by atoms with Crippen LogP contribution in [0.5, 0.6) is 5.75 Å². The Kier molecular flexibility index (Phi) is 5.84. The van der Waals surface area contributed by atoms with Crippen molar-refractivity contribution in [3.8, 4) is 5.75 Å². The van der Waals surface area contributed by atoms with E-state index in [1.165, 1.54) is 0 Å². The number of hydrogen-bond acceptors (Lipinski definition) is 5. The Morgan fingerprint density at radius 1 is 1.30 bits per heavy atom. The van der Waals surface area contributed by atoms with Gasteiger partial charge in [-0.1, -0.05) is 6.07 Å². The molecule has 0 bridgehead atoms. The van der Waals surface area contributed by atoms with Crippen LogP contribution in [0.15, 0.2) is 38.9 Å². The Labute approximate surface area is 168 Å². The van der Waals surface area contributed by atoms with Crippen molar-refractivity contribution in [2.45, 2.75) is 52.1 Å². The quantitative estimate of drug-likeness (QED) is 0.651. The maximum absolute atomic E-state index is 12.9. The molecule has 0 N–H and O–H groups in total. The van der Waals surface area contributed by atoms with Crippen LogP contribution in [0, 0.1) is 5.92 Å². The summed E-state index contributed by atoms with van der Waals surface area (Å²) in [5.74, 6) is -0.558. The van der Waals surface area contributed by atoms with Gasteiger partial charge < -0.3 is 9.47 Å². The molecule has 27 heavy (non-hydrogen) atoms. The minimum atomic E-state index is -0.603. The molecule has 0 amide bonds. The van der Waals surface area contributed by atoms with Gasteiger partial charge in [0.05, 0.1) is 17.7 Å². The maximum Gasteiger partial charge on any atom is 0.315 e. The van der Waals surface area contributed by atoms with Crippen molar-refractivity contribution < 1.29 is 19.1 Å². The number of carbonyl (C=O) groups excluding carboxylic acids is 2. The first-order valence-electron chi connectivity index (χ1n) is 9.18. The van der Waals surface area contributed by atoms with Crippen molar-refractivity contribution >= 4 is 33.4 Å². The smallest absolute Gasteiger partial charge is 0.315 e. The van der Waals surface area contributed by atoms with Crippen LogP contribution >= 0.6 is 15.9 Å². The normalized spacial score (nSPS) is 22.4. The first-order valence-corrected chi connectivity index (χ1v) is 9.98. The molecule has 0 fully saturated rings. The van der Waals surface area contributed by atoms with Gasteiger partial charge in [-0.3, -0.25) is 14.6 Å². The maximum atomic E-state index is 12.9. The number of methoxy groups -OCH3 is 1. The van der Waals surface area contributed by atoms with Gasteiger partial charge in [-0.2, -0.15) is 0 Å². The lowest BCUT2D eigenvalue weighted by Gasteiger charge is -2.35. The molecule has 0 aromatic heterocycles. The monoisotopic (exact) mass is 433 g/mol. The van der Waals surface area contributed by atoms with E-state index in [9.17, 15) is 9.59 Å². The van der Waals surface area contributed by atoms with Crippen LogP contribution < -0.4 is 4.74 Å². The average Bonchev–Trinajstić information content (AvgIpc) is 2.60. The first kappa shape index (κ1) is 19.8. The minimum absolute atomic E-state index is 0.0757. The summed E-state index contributed by atoms with van der Waals surface area (Å²) in [5, 5.41) is 0. The van der Waals surface area contributed by atoms with E-state index >= 15 is 0 Å². The summed E-state index contributed by atoms with van der Waals surface area (Å²) >= 11 is 3.52. The number of hydrogen-bond donors (Lipinski definition) is 0. The summed E-state index contributed by atoms with van der Waals surface area (Å²) in [6.45, 7) is 5.49. The summed E-state index contributed by atoms with van der Waals surface area (Å²) in [7, 11) is 1.60. The average molecular weight is 434 g/mol. The third kappa shape index (κ3) is 3.86. The topological polar surface area (TPSA) is 65.0 Å². The predicted octanol–water partition coefficient (Wildman–Crippen LogP) is 4.59. The molecule has 1 aromatic carbocycles. The van der Waals surface area contributed by atoms with Gasteiger partial charge in [0.25, 0.3) is 0 Å². The predicted molar refractivity (Wildman–Crippen MR) is 107 cm³/mol. The summed E-state index contributed by atoms with van der Waals surface area (Å²) in [6.07, 6.45) is 1.82. The first-order chi connectivity index (χ1) is 12.8. The van der Waals surface area contributed by atoms with Gasteiger partial charge in [0, 0.05) is 29.3 Å². The number of ether oxygens (including phenoxy) is 2. The molecule has 144 valence electrons. The molecule has 1 aliphatic heterocycles. The second-order valence-corrected chi connectivity index (χ2v) is 8.08. The molecule has 2 atom stereocenters. The molecule has 1 aliphatic carbocycles. The number of Topliss-reactive ketones (excluding diaryl/α,β-unsaturated/α-hetero) is 1. The molecular formula is C21H24BrNO4. The van der Waals surface area contributed by atoms with Gasteiger partial charge in [-0.15, -0.1) is 0 Å². The molecule has 3 rings (SSSR count). The fourth-order valence-corrected chi connectivity index (χ4v) is 4.41. The van der Waals surface area contributed by atoms with E-state index in [2.05, 4.69) is 20.9 Å². The SMILES string of the molecule is COc1ccc([C@@H]2C3=C(CCCC3=O)N=C(C)C2C(=O)OC(C)C)cc1Br. The fourth-order valence-electron chi connectivity index (χ4n) is 3.85. The van der Waals surface area contributed by atoms with Crippen LogP contribution in [0.1, 0.15) is 51.5 Å². The third-order valence-electron chi connectivity index (χ3n) is 4.98. The molecular weight excluding hydrogens is 410 g/mol. The number of benzene rings is 1.